The smallest absolute Gasteiger partial charge is 0.219 e. The minimum Gasteiger partial charge on any atom is -0.395 e. The third-order valence-electron chi connectivity index (χ3n) is 3.68. The third-order valence-corrected chi connectivity index (χ3v) is 3.68. The van der Waals surface area contributed by atoms with E-state index < -0.39 is 0 Å². The molecule has 6 heteroatoms. The van der Waals surface area contributed by atoms with E-state index in [-0.39, 0.29) is 19.1 Å². The second kappa shape index (κ2) is 17.7. The van der Waals surface area contributed by atoms with Crippen LogP contribution >= 0.6 is 0 Å². The van der Waals surface area contributed by atoms with Crippen molar-refractivity contribution in [1.82, 2.24) is 10.2 Å². The summed E-state index contributed by atoms with van der Waals surface area (Å²) in [6.45, 7) is 6.02. The molecule has 138 valence electrons. The van der Waals surface area contributed by atoms with Crippen molar-refractivity contribution in [2.24, 2.45) is 0 Å². The molecule has 0 saturated carbocycles. The highest BCUT2D eigenvalue weighted by molar-refractivity contribution is 5.75. The Balaban J connectivity index is 3.35. The normalized spacial score (nSPS) is 11.1. The standard InChI is InChI=1S/C17H36N2O4/c1-2-3-4-5-6-8-17(22)18-9-7-15-23-16-12-19(10-13-20)11-14-21/h20-21H,2-16H2,1H3,(H,18,22). The summed E-state index contributed by atoms with van der Waals surface area (Å²) in [5.74, 6) is 0.138. The number of rotatable bonds is 17. The van der Waals surface area contributed by atoms with E-state index in [0.717, 1.165) is 19.3 Å². The molecule has 23 heavy (non-hydrogen) atoms. The van der Waals surface area contributed by atoms with Crippen LogP contribution in [0.4, 0.5) is 0 Å². The number of ether oxygens (including phenoxy) is 1. The molecule has 0 heterocycles. The monoisotopic (exact) mass is 332 g/mol. The molecular formula is C17H36N2O4. The number of aliphatic hydroxyl groups is 2. The molecule has 0 aliphatic heterocycles. The van der Waals surface area contributed by atoms with E-state index in [1.54, 1.807) is 0 Å². The number of hydrogen-bond donors (Lipinski definition) is 3. The lowest BCUT2D eigenvalue weighted by molar-refractivity contribution is -0.121. The molecule has 1 amide bonds. The van der Waals surface area contributed by atoms with Crippen LogP contribution < -0.4 is 5.32 Å². The lowest BCUT2D eigenvalue weighted by Gasteiger charge is -2.19. The summed E-state index contributed by atoms with van der Waals surface area (Å²) in [6.07, 6.45) is 7.26. The molecule has 0 spiro atoms. The van der Waals surface area contributed by atoms with Crippen molar-refractivity contribution in [2.45, 2.75) is 51.9 Å². The first-order valence-electron chi connectivity index (χ1n) is 9.03. The highest BCUT2D eigenvalue weighted by Crippen LogP contribution is 2.04. The van der Waals surface area contributed by atoms with Crippen LogP contribution in [0.15, 0.2) is 0 Å². The molecule has 0 radical (unpaired) electrons. The lowest BCUT2D eigenvalue weighted by Crippen LogP contribution is -2.33. The van der Waals surface area contributed by atoms with E-state index in [1.165, 1.54) is 19.3 Å². The van der Waals surface area contributed by atoms with Gasteiger partial charge in [0.05, 0.1) is 19.8 Å². The van der Waals surface area contributed by atoms with Crippen LogP contribution in [0.2, 0.25) is 0 Å². The maximum Gasteiger partial charge on any atom is 0.219 e. The summed E-state index contributed by atoms with van der Waals surface area (Å²) in [6, 6.07) is 0. The zero-order valence-corrected chi connectivity index (χ0v) is 14.8. The van der Waals surface area contributed by atoms with Crippen molar-refractivity contribution < 1.29 is 19.7 Å². The highest BCUT2D eigenvalue weighted by Gasteiger charge is 2.03. The van der Waals surface area contributed by atoms with Gasteiger partial charge < -0.3 is 20.3 Å². The van der Waals surface area contributed by atoms with Crippen molar-refractivity contribution in [3.63, 3.8) is 0 Å². The molecular weight excluding hydrogens is 296 g/mol. The molecule has 0 aromatic rings. The van der Waals surface area contributed by atoms with Gasteiger partial charge in [-0.2, -0.15) is 0 Å². The zero-order valence-electron chi connectivity index (χ0n) is 14.8. The largest absolute Gasteiger partial charge is 0.395 e. The first-order chi connectivity index (χ1) is 11.2. The van der Waals surface area contributed by atoms with Gasteiger partial charge in [0, 0.05) is 39.2 Å². The van der Waals surface area contributed by atoms with Gasteiger partial charge in [-0.25, -0.2) is 0 Å². The average molecular weight is 332 g/mol. The van der Waals surface area contributed by atoms with Gasteiger partial charge in [-0.05, 0) is 12.8 Å². The molecule has 0 aliphatic rings. The predicted molar refractivity (Wildman–Crippen MR) is 92.4 cm³/mol. The maximum atomic E-state index is 11.6. The first-order valence-corrected chi connectivity index (χ1v) is 9.03. The number of nitrogens with zero attached hydrogens (tertiary/aromatic N) is 1. The molecule has 0 aromatic carbocycles. The molecule has 0 aromatic heterocycles. The molecule has 0 atom stereocenters. The second-order valence-corrected chi connectivity index (χ2v) is 5.77. The maximum absolute atomic E-state index is 11.6. The number of carbonyl (C=O) groups is 1. The van der Waals surface area contributed by atoms with Crippen LogP contribution in [0.3, 0.4) is 0 Å². The van der Waals surface area contributed by atoms with Gasteiger partial charge in [0.15, 0.2) is 0 Å². The van der Waals surface area contributed by atoms with Crippen molar-refractivity contribution in [3.05, 3.63) is 0 Å². The molecule has 6 nitrogen and oxygen atoms in total. The summed E-state index contributed by atoms with van der Waals surface area (Å²) in [5, 5.41) is 20.7. The van der Waals surface area contributed by atoms with Gasteiger partial charge in [0.1, 0.15) is 0 Å². The third kappa shape index (κ3) is 16.0. The van der Waals surface area contributed by atoms with Crippen molar-refractivity contribution >= 4 is 5.91 Å². The van der Waals surface area contributed by atoms with E-state index in [0.29, 0.717) is 45.8 Å². The molecule has 0 saturated heterocycles. The Bertz CT molecular complexity index is 259. The first kappa shape index (κ1) is 22.3. The van der Waals surface area contributed by atoms with Crippen LogP contribution in [-0.2, 0) is 9.53 Å². The Hall–Kier alpha value is -0.690. The molecule has 0 rings (SSSR count). The fourth-order valence-corrected chi connectivity index (χ4v) is 2.29. The Morgan fingerprint density at radius 1 is 0.957 bits per heavy atom. The Labute approximate surface area is 141 Å². The molecule has 0 fully saturated rings. The minimum absolute atomic E-state index is 0.0878. The lowest BCUT2D eigenvalue weighted by atomic mass is 10.1. The molecule has 0 unspecified atom stereocenters. The quantitative estimate of drug-likeness (QED) is 0.348. The number of carbonyl (C=O) groups excluding carboxylic acids is 1. The van der Waals surface area contributed by atoms with Gasteiger partial charge in [-0.1, -0.05) is 32.6 Å². The van der Waals surface area contributed by atoms with Crippen LogP contribution in [0.25, 0.3) is 0 Å². The molecule has 3 N–H and O–H groups in total. The fraction of sp³-hybridized carbons (Fsp3) is 0.941. The summed E-state index contributed by atoms with van der Waals surface area (Å²) in [5.41, 5.74) is 0. The Kier molecular flexibility index (Phi) is 17.1. The van der Waals surface area contributed by atoms with Crippen LogP contribution in [-0.4, -0.2) is 73.6 Å². The Morgan fingerprint density at radius 2 is 1.65 bits per heavy atom. The second-order valence-electron chi connectivity index (χ2n) is 5.77. The summed E-state index contributed by atoms with van der Waals surface area (Å²) < 4.78 is 5.51. The number of nitrogens with one attached hydrogen (secondary N) is 1. The van der Waals surface area contributed by atoms with Gasteiger partial charge in [-0.3, -0.25) is 9.69 Å². The van der Waals surface area contributed by atoms with Crippen LogP contribution in [0.1, 0.15) is 51.9 Å². The van der Waals surface area contributed by atoms with Gasteiger partial charge >= 0.3 is 0 Å². The predicted octanol–water partition coefficient (Wildman–Crippen LogP) is 1.16. The van der Waals surface area contributed by atoms with Crippen molar-refractivity contribution in [3.8, 4) is 0 Å². The topological polar surface area (TPSA) is 82.0 Å². The van der Waals surface area contributed by atoms with E-state index >= 15 is 0 Å². The van der Waals surface area contributed by atoms with Crippen molar-refractivity contribution in [1.29, 1.82) is 0 Å². The van der Waals surface area contributed by atoms with Gasteiger partial charge in [0.25, 0.3) is 0 Å². The van der Waals surface area contributed by atoms with E-state index in [1.807, 2.05) is 4.90 Å². The van der Waals surface area contributed by atoms with Gasteiger partial charge in [0.2, 0.25) is 5.91 Å². The number of amides is 1. The van der Waals surface area contributed by atoms with E-state index in [2.05, 4.69) is 12.2 Å². The van der Waals surface area contributed by atoms with Crippen LogP contribution in [0, 0.1) is 0 Å². The highest BCUT2D eigenvalue weighted by atomic mass is 16.5. The number of hydrogen-bond acceptors (Lipinski definition) is 5. The summed E-state index contributed by atoms with van der Waals surface area (Å²) >= 11 is 0. The fourth-order valence-electron chi connectivity index (χ4n) is 2.29. The van der Waals surface area contributed by atoms with E-state index in [4.69, 9.17) is 14.9 Å². The van der Waals surface area contributed by atoms with E-state index in [9.17, 15) is 4.79 Å². The van der Waals surface area contributed by atoms with Crippen LogP contribution in [0.5, 0.6) is 0 Å². The average Bonchev–Trinajstić information content (AvgIpc) is 2.54. The number of aliphatic hydroxyl groups excluding tert-OH is 2. The Morgan fingerprint density at radius 3 is 2.30 bits per heavy atom. The van der Waals surface area contributed by atoms with Gasteiger partial charge in [-0.15, -0.1) is 0 Å². The van der Waals surface area contributed by atoms with Crippen molar-refractivity contribution in [2.75, 3.05) is 52.6 Å². The molecule has 0 aliphatic carbocycles. The SMILES string of the molecule is CCCCCCCC(=O)NCCCOCCN(CCO)CCO. The number of unbranched alkanes of at least 4 members (excludes halogenated alkanes) is 4. The summed E-state index contributed by atoms with van der Waals surface area (Å²) in [7, 11) is 0. The molecule has 0 bridgehead atoms. The minimum atomic E-state index is 0.0878. The summed E-state index contributed by atoms with van der Waals surface area (Å²) in [4.78, 5) is 13.6. The zero-order chi connectivity index (χ0) is 17.2.